The van der Waals surface area contributed by atoms with Crippen LogP contribution in [0.5, 0.6) is 0 Å². The Morgan fingerprint density at radius 3 is 2.58 bits per heavy atom. The Morgan fingerprint density at radius 1 is 1.47 bits per heavy atom. The number of aliphatic carboxylic acids is 1. The molecule has 0 bridgehead atoms. The lowest BCUT2D eigenvalue weighted by atomic mass is 9.91. The maximum Gasteiger partial charge on any atom is 0.329 e. The number of amides is 2. The fourth-order valence-electron chi connectivity index (χ4n) is 2.84. The van der Waals surface area contributed by atoms with Crippen LogP contribution < -0.4 is 0 Å². The number of carbonyl (C=O) groups is 2. The molecule has 1 N–H and O–H groups in total. The second-order valence-corrected chi connectivity index (χ2v) is 5.44. The van der Waals surface area contributed by atoms with Crippen LogP contribution in [0.1, 0.15) is 39.5 Å². The van der Waals surface area contributed by atoms with Gasteiger partial charge in [-0.3, -0.25) is 0 Å². The monoisotopic (exact) mass is 268 g/mol. The second-order valence-electron chi connectivity index (χ2n) is 5.44. The molecule has 0 saturated carbocycles. The van der Waals surface area contributed by atoms with E-state index in [-0.39, 0.29) is 6.03 Å². The molecule has 0 aromatic carbocycles. The Bertz CT molecular complexity index is 381. The van der Waals surface area contributed by atoms with Crippen molar-refractivity contribution >= 4 is 12.0 Å². The van der Waals surface area contributed by atoms with Gasteiger partial charge in [0, 0.05) is 20.1 Å². The van der Waals surface area contributed by atoms with Crippen LogP contribution >= 0.6 is 0 Å². The smallest absolute Gasteiger partial charge is 0.329 e. The van der Waals surface area contributed by atoms with Gasteiger partial charge in [-0.05, 0) is 26.2 Å². The van der Waals surface area contributed by atoms with Gasteiger partial charge >= 0.3 is 12.0 Å². The summed E-state index contributed by atoms with van der Waals surface area (Å²) in [4.78, 5) is 27.1. The standard InChI is InChI=1S/C14H24N2O3/c1-5-7-14(12(17)18)8-6-9-16(14)13(19)15(4)10-11(2)3/h2,5-10H2,1,3-4H3,(H,17,18). The molecule has 5 nitrogen and oxygen atoms in total. The Balaban J connectivity index is 2.93. The minimum atomic E-state index is -1.02. The lowest BCUT2D eigenvalue weighted by Crippen LogP contribution is -2.56. The molecule has 0 aromatic rings. The second kappa shape index (κ2) is 6.08. The number of likely N-dealkylation sites (N-methyl/N-ethyl adjacent to an activating group) is 1. The van der Waals surface area contributed by atoms with Crippen LogP contribution in [-0.4, -0.2) is 52.6 Å². The number of urea groups is 1. The number of carboxylic acids is 1. The molecule has 0 aliphatic carbocycles. The highest BCUT2D eigenvalue weighted by molar-refractivity contribution is 5.87. The van der Waals surface area contributed by atoms with Gasteiger partial charge in [-0.2, -0.15) is 0 Å². The molecule has 1 unspecified atom stereocenters. The van der Waals surface area contributed by atoms with Crippen LogP contribution in [0.25, 0.3) is 0 Å². The molecule has 1 aliphatic rings. The Hall–Kier alpha value is -1.52. The predicted octanol–water partition coefficient (Wildman–Crippen LogP) is 2.33. The SMILES string of the molecule is C=C(C)CN(C)C(=O)N1CCCC1(CCC)C(=O)O. The fraction of sp³-hybridized carbons (Fsp3) is 0.714. The summed E-state index contributed by atoms with van der Waals surface area (Å²) in [6, 6.07) is -0.212. The summed E-state index contributed by atoms with van der Waals surface area (Å²) in [5.41, 5.74) is -0.138. The zero-order chi connectivity index (χ0) is 14.6. The Morgan fingerprint density at radius 2 is 2.11 bits per heavy atom. The van der Waals surface area contributed by atoms with Crippen LogP contribution in [0.4, 0.5) is 4.79 Å². The first-order chi connectivity index (χ1) is 8.85. The van der Waals surface area contributed by atoms with E-state index < -0.39 is 11.5 Å². The number of nitrogens with zero attached hydrogens (tertiary/aromatic N) is 2. The van der Waals surface area contributed by atoms with Crippen LogP contribution in [0.2, 0.25) is 0 Å². The molecule has 1 fully saturated rings. The molecule has 1 rings (SSSR count). The summed E-state index contributed by atoms with van der Waals surface area (Å²) < 4.78 is 0. The zero-order valence-corrected chi connectivity index (χ0v) is 12.1. The third-order valence-corrected chi connectivity index (χ3v) is 3.61. The summed E-state index contributed by atoms with van der Waals surface area (Å²) in [7, 11) is 1.69. The largest absolute Gasteiger partial charge is 0.479 e. The van der Waals surface area contributed by atoms with E-state index in [1.54, 1.807) is 11.9 Å². The van der Waals surface area contributed by atoms with Crippen LogP contribution in [0.15, 0.2) is 12.2 Å². The Labute approximate surface area is 114 Å². The molecule has 1 atom stereocenters. The lowest BCUT2D eigenvalue weighted by Gasteiger charge is -2.37. The molecule has 108 valence electrons. The minimum absolute atomic E-state index is 0.212. The molecular weight excluding hydrogens is 244 g/mol. The molecule has 1 saturated heterocycles. The zero-order valence-electron chi connectivity index (χ0n) is 12.1. The highest BCUT2D eigenvalue weighted by Crippen LogP contribution is 2.34. The summed E-state index contributed by atoms with van der Waals surface area (Å²) in [6.45, 7) is 8.56. The van der Waals surface area contributed by atoms with E-state index in [0.29, 0.717) is 25.9 Å². The molecule has 0 radical (unpaired) electrons. The Kier molecular flexibility index (Phi) is 4.97. The maximum absolute atomic E-state index is 12.4. The van der Waals surface area contributed by atoms with Gasteiger partial charge in [0.15, 0.2) is 0 Å². The van der Waals surface area contributed by atoms with Crippen molar-refractivity contribution in [1.82, 2.24) is 9.80 Å². The van der Waals surface area contributed by atoms with E-state index in [1.807, 2.05) is 13.8 Å². The molecule has 5 heteroatoms. The number of carbonyl (C=O) groups excluding carboxylic acids is 1. The van der Waals surface area contributed by atoms with E-state index in [4.69, 9.17) is 0 Å². The average molecular weight is 268 g/mol. The van der Waals surface area contributed by atoms with Crippen molar-refractivity contribution in [3.8, 4) is 0 Å². The van der Waals surface area contributed by atoms with Crippen LogP contribution in [0.3, 0.4) is 0 Å². The van der Waals surface area contributed by atoms with E-state index in [2.05, 4.69) is 6.58 Å². The molecular formula is C14H24N2O3. The normalized spacial score (nSPS) is 22.4. The van der Waals surface area contributed by atoms with Gasteiger partial charge in [0.2, 0.25) is 0 Å². The minimum Gasteiger partial charge on any atom is -0.479 e. The number of rotatable bonds is 5. The molecule has 0 spiro atoms. The van der Waals surface area contributed by atoms with Crippen LogP contribution in [-0.2, 0) is 4.79 Å². The van der Waals surface area contributed by atoms with Crippen molar-refractivity contribution in [3.05, 3.63) is 12.2 Å². The van der Waals surface area contributed by atoms with Gasteiger partial charge in [-0.1, -0.05) is 25.5 Å². The first kappa shape index (κ1) is 15.5. The number of likely N-dealkylation sites (tertiary alicyclic amines) is 1. The molecule has 1 heterocycles. The van der Waals surface area contributed by atoms with E-state index in [9.17, 15) is 14.7 Å². The lowest BCUT2D eigenvalue weighted by molar-refractivity contribution is -0.148. The van der Waals surface area contributed by atoms with Gasteiger partial charge in [-0.25, -0.2) is 9.59 Å². The molecule has 19 heavy (non-hydrogen) atoms. The first-order valence-electron chi connectivity index (χ1n) is 6.75. The highest BCUT2D eigenvalue weighted by atomic mass is 16.4. The van der Waals surface area contributed by atoms with Gasteiger partial charge in [0.1, 0.15) is 5.54 Å². The summed E-state index contributed by atoms with van der Waals surface area (Å²) >= 11 is 0. The van der Waals surface area contributed by atoms with E-state index in [0.717, 1.165) is 18.4 Å². The van der Waals surface area contributed by atoms with E-state index >= 15 is 0 Å². The van der Waals surface area contributed by atoms with Crippen molar-refractivity contribution in [2.45, 2.75) is 45.1 Å². The molecule has 0 aromatic heterocycles. The fourth-order valence-corrected chi connectivity index (χ4v) is 2.84. The topological polar surface area (TPSA) is 60.9 Å². The molecule has 2 amide bonds. The van der Waals surface area contributed by atoms with Crippen molar-refractivity contribution in [1.29, 1.82) is 0 Å². The summed E-state index contributed by atoms with van der Waals surface area (Å²) in [5.74, 6) is -0.885. The van der Waals surface area contributed by atoms with Gasteiger partial charge < -0.3 is 14.9 Å². The maximum atomic E-state index is 12.4. The van der Waals surface area contributed by atoms with Crippen molar-refractivity contribution in [2.24, 2.45) is 0 Å². The van der Waals surface area contributed by atoms with Gasteiger partial charge in [0.05, 0.1) is 0 Å². The third kappa shape index (κ3) is 3.08. The summed E-state index contributed by atoms with van der Waals surface area (Å²) in [6.07, 6.45) is 2.55. The van der Waals surface area contributed by atoms with Gasteiger partial charge in [-0.15, -0.1) is 0 Å². The summed E-state index contributed by atoms with van der Waals surface area (Å²) in [5, 5.41) is 9.55. The average Bonchev–Trinajstić information content (AvgIpc) is 2.72. The number of carboxylic acid groups (broad SMARTS) is 1. The van der Waals surface area contributed by atoms with E-state index in [1.165, 1.54) is 4.90 Å². The highest BCUT2D eigenvalue weighted by Gasteiger charge is 2.49. The predicted molar refractivity (Wildman–Crippen MR) is 74.1 cm³/mol. The first-order valence-corrected chi connectivity index (χ1v) is 6.75. The van der Waals surface area contributed by atoms with Crippen molar-refractivity contribution < 1.29 is 14.7 Å². The van der Waals surface area contributed by atoms with Crippen molar-refractivity contribution in [3.63, 3.8) is 0 Å². The van der Waals surface area contributed by atoms with Gasteiger partial charge in [0.25, 0.3) is 0 Å². The quantitative estimate of drug-likeness (QED) is 0.778. The number of hydrogen-bond acceptors (Lipinski definition) is 2. The van der Waals surface area contributed by atoms with Crippen molar-refractivity contribution in [2.75, 3.05) is 20.1 Å². The molecule has 1 aliphatic heterocycles. The third-order valence-electron chi connectivity index (χ3n) is 3.61. The number of hydrogen-bond donors (Lipinski definition) is 1. The van der Waals surface area contributed by atoms with Crippen LogP contribution in [0, 0.1) is 0 Å².